The molecule has 0 aliphatic carbocycles. The molecule has 3 fully saturated rings. The van der Waals surface area contributed by atoms with E-state index in [0.29, 0.717) is 13.0 Å². The van der Waals surface area contributed by atoms with Crippen LogP contribution in [0.4, 0.5) is 4.79 Å². The van der Waals surface area contributed by atoms with Crippen LogP contribution in [0.1, 0.15) is 24.8 Å². The predicted octanol–water partition coefficient (Wildman–Crippen LogP) is 1.59. The van der Waals surface area contributed by atoms with E-state index >= 15 is 0 Å². The van der Waals surface area contributed by atoms with Gasteiger partial charge in [0, 0.05) is 78.4 Å². The van der Waals surface area contributed by atoms with Crippen molar-refractivity contribution in [3.05, 3.63) is 35.9 Å². The maximum Gasteiger partial charge on any atom is 0.410 e. The molecule has 1 amide bonds. The summed E-state index contributed by atoms with van der Waals surface area (Å²) in [6.07, 6.45) is 2.12. The zero-order chi connectivity index (χ0) is 25.2. The number of nitrogens with zero attached hydrogens (tertiary/aromatic N) is 5. The fourth-order valence-electron chi connectivity index (χ4n) is 5.38. The fraction of sp³-hybridized carbons (Fsp3) is 0.704. The Balaban J connectivity index is 1.06. The highest BCUT2D eigenvalue weighted by atomic mass is 16.6. The van der Waals surface area contributed by atoms with Gasteiger partial charge in [-0.25, -0.2) is 4.79 Å². The largest absolute Gasteiger partial charge is 0.469 e. The normalized spacial score (nSPS) is 22.6. The minimum atomic E-state index is -0.158. The van der Waals surface area contributed by atoms with Crippen LogP contribution in [0.25, 0.3) is 0 Å². The van der Waals surface area contributed by atoms with Crippen LogP contribution in [-0.4, -0.2) is 135 Å². The Kier molecular flexibility index (Phi) is 10.4. The molecule has 0 spiro atoms. The highest BCUT2D eigenvalue weighted by molar-refractivity contribution is 5.70. The molecular weight excluding hydrogens is 458 g/mol. The molecule has 0 radical (unpaired) electrons. The van der Waals surface area contributed by atoms with Gasteiger partial charge in [-0.15, -0.1) is 0 Å². The van der Waals surface area contributed by atoms with E-state index in [1.165, 1.54) is 12.7 Å². The quantitative estimate of drug-likeness (QED) is 0.400. The number of esters is 1. The topological polar surface area (TPSA) is 68.8 Å². The summed E-state index contributed by atoms with van der Waals surface area (Å²) >= 11 is 0. The van der Waals surface area contributed by atoms with Crippen LogP contribution in [0.5, 0.6) is 0 Å². The van der Waals surface area contributed by atoms with E-state index < -0.39 is 0 Å². The second kappa shape index (κ2) is 13.9. The number of ether oxygens (including phenoxy) is 2. The molecule has 3 heterocycles. The molecule has 1 unspecified atom stereocenters. The molecule has 0 bridgehead atoms. The number of cyclic esters (lactones) is 1. The number of methoxy groups -OCH3 is 1. The van der Waals surface area contributed by atoms with Crippen LogP contribution in [0.3, 0.4) is 0 Å². The molecule has 3 saturated heterocycles. The van der Waals surface area contributed by atoms with Gasteiger partial charge in [-0.3, -0.25) is 14.6 Å². The van der Waals surface area contributed by atoms with Crippen LogP contribution in [0, 0.1) is 0 Å². The standard InChI is InChI=1S/C27H43N5O4/c1-35-26(33)9-5-10-28-15-19-31(20-16-28)22-25-23-32(27(34)36-25)12-6-11-29-13-17-30(18-14-29)21-24-7-3-2-4-8-24/h2-4,7-8,25H,5-6,9-23H2,1H3. The Morgan fingerprint density at radius 1 is 0.861 bits per heavy atom. The van der Waals surface area contributed by atoms with Crippen LogP contribution >= 0.6 is 0 Å². The highest BCUT2D eigenvalue weighted by Gasteiger charge is 2.33. The van der Waals surface area contributed by atoms with Crippen molar-refractivity contribution in [3.63, 3.8) is 0 Å². The smallest absolute Gasteiger partial charge is 0.410 e. The van der Waals surface area contributed by atoms with Gasteiger partial charge in [0.25, 0.3) is 0 Å². The van der Waals surface area contributed by atoms with Crippen molar-refractivity contribution in [1.82, 2.24) is 24.5 Å². The Morgan fingerprint density at radius 2 is 1.47 bits per heavy atom. The molecule has 9 nitrogen and oxygen atoms in total. The predicted molar refractivity (Wildman–Crippen MR) is 139 cm³/mol. The highest BCUT2D eigenvalue weighted by Crippen LogP contribution is 2.15. The average molecular weight is 502 g/mol. The minimum absolute atomic E-state index is 0.0371. The first-order valence-electron chi connectivity index (χ1n) is 13.5. The van der Waals surface area contributed by atoms with Gasteiger partial charge in [0.1, 0.15) is 6.10 Å². The number of hydrogen-bond acceptors (Lipinski definition) is 8. The third-order valence-corrected chi connectivity index (χ3v) is 7.58. The summed E-state index contributed by atoms with van der Waals surface area (Å²) in [5, 5.41) is 0. The van der Waals surface area contributed by atoms with Crippen molar-refractivity contribution in [2.24, 2.45) is 0 Å². The first-order chi connectivity index (χ1) is 17.6. The summed E-state index contributed by atoms with van der Waals surface area (Å²) in [5.74, 6) is -0.136. The Labute approximate surface area is 215 Å². The van der Waals surface area contributed by atoms with Crippen LogP contribution in [0.2, 0.25) is 0 Å². The van der Waals surface area contributed by atoms with Crippen LogP contribution < -0.4 is 0 Å². The number of carbonyl (C=O) groups is 2. The molecule has 9 heteroatoms. The van der Waals surface area contributed by atoms with E-state index in [1.807, 2.05) is 4.90 Å². The average Bonchev–Trinajstić information content (AvgIpc) is 3.25. The first-order valence-corrected chi connectivity index (χ1v) is 13.5. The first kappa shape index (κ1) is 26.9. The monoisotopic (exact) mass is 501 g/mol. The van der Waals surface area contributed by atoms with Gasteiger partial charge in [-0.2, -0.15) is 0 Å². The zero-order valence-electron chi connectivity index (χ0n) is 21.9. The SMILES string of the molecule is COC(=O)CCCN1CCN(CC2CN(CCCN3CCN(Cc4ccccc4)CC3)C(=O)O2)CC1. The third-order valence-electron chi connectivity index (χ3n) is 7.58. The van der Waals surface area contributed by atoms with E-state index in [4.69, 9.17) is 9.47 Å². The molecule has 4 rings (SSSR count). The summed E-state index contributed by atoms with van der Waals surface area (Å²) in [6, 6.07) is 10.7. The summed E-state index contributed by atoms with van der Waals surface area (Å²) in [7, 11) is 1.44. The number of piperazine rings is 2. The van der Waals surface area contributed by atoms with Crippen molar-refractivity contribution in [1.29, 1.82) is 0 Å². The van der Waals surface area contributed by atoms with Crippen molar-refractivity contribution < 1.29 is 19.1 Å². The fourth-order valence-corrected chi connectivity index (χ4v) is 5.38. The van der Waals surface area contributed by atoms with Crippen molar-refractivity contribution in [2.45, 2.75) is 31.9 Å². The van der Waals surface area contributed by atoms with Gasteiger partial charge >= 0.3 is 12.1 Å². The van der Waals surface area contributed by atoms with Gasteiger partial charge in [0.15, 0.2) is 0 Å². The second-order valence-corrected chi connectivity index (χ2v) is 10.2. The van der Waals surface area contributed by atoms with Gasteiger partial charge < -0.3 is 24.2 Å². The van der Waals surface area contributed by atoms with Gasteiger partial charge in [-0.05, 0) is 31.5 Å². The molecule has 1 aromatic rings. The van der Waals surface area contributed by atoms with E-state index in [-0.39, 0.29) is 18.2 Å². The molecular formula is C27H43N5O4. The van der Waals surface area contributed by atoms with E-state index in [2.05, 4.69) is 49.9 Å². The number of amides is 1. The molecule has 0 aromatic heterocycles. The van der Waals surface area contributed by atoms with Crippen LogP contribution in [0.15, 0.2) is 30.3 Å². The van der Waals surface area contributed by atoms with Crippen LogP contribution in [-0.2, 0) is 20.8 Å². The lowest BCUT2D eigenvalue weighted by molar-refractivity contribution is -0.140. The zero-order valence-corrected chi connectivity index (χ0v) is 21.9. The van der Waals surface area contributed by atoms with Crippen molar-refractivity contribution in [3.8, 4) is 0 Å². The summed E-state index contributed by atoms with van der Waals surface area (Å²) in [4.78, 5) is 35.4. The van der Waals surface area contributed by atoms with Crippen molar-refractivity contribution in [2.75, 3.05) is 92.2 Å². The Hall–Kier alpha value is -2.20. The lowest BCUT2D eigenvalue weighted by Gasteiger charge is -2.35. The molecule has 0 saturated carbocycles. The lowest BCUT2D eigenvalue weighted by Crippen LogP contribution is -2.49. The Morgan fingerprint density at radius 3 is 2.14 bits per heavy atom. The molecule has 0 N–H and O–H groups in total. The molecule has 3 aliphatic rings. The number of hydrogen-bond donors (Lipinski definition) is 0. The maximum atomic E-state index is 12.4. The lowest BCUT2D eigenvalue weighted by atomic mass is 10.2. The number of carbonyl (C=O) groups excluding carboxylic acids is 2. The van der Waals surface area contributed by atoms with Gasteiger partial charge in [-0.1, -0.05) is 30.3 Å². The number of benzene rings is 1. The summed E-state index contributed by atoms with van der Waals surface area (Å²) < 4.78 is 10.4. The van der Waals surface area contributed by atoms with Crippen molar-refractivity contribution >= 4 is 12.1 Å². The van der Waals surface area contributed by atoms with E-state index in [0.717, 1.165) is 97.9 Å². The van der Waals surface area contributed by atoms with Gasteiger partial charge in [0.2, 0.25) is 0 Å². The van der Waals surface area contributed by atoms with E-state index in [1.54, 1.807) is 0 Å². The Bertz CT molecular complexity index is 810. The number of rotatable bonds is 12. The molecule has 200 valence electrons. The third kappa shape index (κ3) is 8.44. The van der Waals surface area contributed by atoms with Gasteiger partial charge in [0.05, 0.1) is 13.7 Å². The molecule has 1 atom stereocenters. The second-order valence-electron chi connectivity index (χ2n) is 10.2. The minimum Gasteiger partial charge on any atom is -0.469 e. The summed E-state index contributed by atoms with van der Waals surface area (Å²) in [6.45, 7) is 13.6. The molecule has 1 aromatic carbocycles. The summed E-state index contributed by atoms with van der Waals surface area (Å²) in [5.41, 5.74) is 1.38. The molecule has 36 heavy (non-hydrogen) atoms. The maximum absolute atomic E-state index is 12.4. The molecule has 3 aliphatic heterocycles. The van der Waals surface area contributed by atoms with E-state index in [9.17, 15) is 9.59 Å².